The zero-order valence-electron chi connectivity index (χ0n) is 13.5. The molecular formula is C17H24IN5. The lowest BCUT2D eigenvalue weighted by molar-refractivity contribution is 0.659. The van der Waals surface area contributed by atoms with E-state index in [1.165, 1.54) is 24.0 Å². The van der Waals surface area contributed by atoms with E-state index in [1.54, 1.807) is 0 Å². The summed E-state index contributed by atoms with van der Waals surface area (Å²) < 4.78 is 1.89. The summed E-state index contributed by atoms with van der Waals surface area (Å²) in [4.78, 5) is 4.42. The van der Waals surface area contributed by atoms with Crippen LogP contribution in [0.1, 0.15) is 36.5 Å². The predicted octanol–water partition coefficient (Wildman–Crippen LogP) is 3.33. The largest absolute Gasteiger partial charge is 0.370 e. The number of nitrogens with one attached hydrogen (secondary N) is 1. The van der Waals surface area contributed by atoms with Gasteiger partial charge in [-0.3, -0.25) is 4.68 Å². The first kappa shape index (κ1) is 17.8. The molecule has 0 saturated heterocycles. The molecule has 2 aromatic rings. The summed E-state index contributed by atoms with van der Waals surface area (Å²) in [7, 11) is 0. The third-order valence-corrected chi connectivity index (χ3v) is 4.10. The molecule has 0 radical (unpaired) electrons. The molecule has 6 heteroatoms. The lowest BCUT2D eigenvalue weighted by Gasteiger charge is -2.19. The Morgan fingerprint density at radius 2 is 2.17 bits per heavy atom. The van der Waals surface area contributed by atoms with Gasteiger partial charge in [0, 0.05) is 24.0 Å². The Morgan fingerprint density at radius 1 is 1.35 bits per heavy atom. The van der Waals surface area contributed by atoms with Crippen LogP contribution in [0.2, 0.25) is 0 Å². The highest BCUT2D eigenvalue weighted by Gasteiger charge is 2.13. The maximum absolute atomic E-state index is 6.04. The Morgan fingerprint density at radius 3 is 2.96 bits per heavy atom. The molecule has 1 aromatic heterocycles. The standard InChI is InChI=1S/C17H23N5.HI/c1-2-22-12-13(11-20-22)10-19-17(18)21-16-9-5-7-14-6-3-4-8-15(14)16;/h5,7,9,11-12H,2-4,6,8,10H2,1H3,(H3,18,19,21);1H. The summed E-state index contributed by atoms with van der Waals surface area (Å²) >= 11 is 0. The Balaban J connectivity index is 0.00000192. The van der Waals surface area contributed by atoms with Crippen LogP contribution in [0.5, 0.6) is 0 Å². The Labute approximate surface area is 154 Å². The predicted molar refractivity (Wildman–Crippen MR) is 105 cm³/mol. The number of benzene rings is 1. The van der Waals surface area contributed by atoms with Crippen LogP contribution >= 0.6 is 24.0 Å². The molecule has 0 spiro atoms. The number of fused-ring (bicyclic) bond motifs is 1. The molecule has 1 aliphatic rings. The van der Waals surface area contributed by atoms with Crippen molar-refractivity contribution in [3.8, 4) is 0 Å². The van der Waals surface area contributed by atoms with Crippen molar-refractivity contribution in [3.05, 3.63) is 47.3 Å². The molecule has 3 N–H and O–H groups in total. The summed E-state index contributed by atoms with van der Waals surface area (Å²) in [5.41, 5.74) is 11.0. The highest BCUT2D eigenvalue weighted by Crippen LogP contribution is 2.27. The van der Waals surface area contributed by atoms with Crippen molar-refractivity contribution in [2.24, 2.45) is 10.7 Å². The Kier molecular flexibility index (Phi) is 6.44. The third kappa shape index (κ3) is 4.46. The van der Waals surface area contributed by atoms with Crippen molar-refractivity contribution in [3.63, 3.8) is 0 Å². The molecule has 124 valence electrons. The minimum Gasteiger partial charge on any atom is -0.370 e. The third-order valence-electron chi connectivity index (χ3n) is 4.10. The number of aliphatic imine (C=N–C) groups is 1. The van der Waals surface area contributed by atoms with Gasteiger partial charge in [0.15, 0.2) is 5.96 Å². The molecular weight excluding hydrogens is 401 g/mol. The summed E-state index contributed by atoms with van der Waals surface area (Å²) in [6.07, 6.45) is 8.65. The van der Waals surface area contributed by atoms with Crippen molar-refractivity contribution >= 4 is 35.6 Å². The molecule has 0 fully saturated rings. The SMILES string of the molecule is CCn1cc(CN=C(N)Nc2cccc3c2CCCC3)cn1.I. The number of nitrogens with zero attached hydrogens (tertiary/aromatic N) is 3. The van der Waals surface area contributed by atoms with Gasteiger partial charge in [-0.05, 0) is 49.8 Å². The topological polar surface area (TPSA) is 68.2 Å². The second-order valence-corrected chi connectivity index (χ2v) is 5.68. The van der Waals surface area contributed by atoms with Crippen LogP contribution in [0.3, 0.4) is 0 Å². The van der Waals surface area contributed by atoms with Crippen molar-refractivity contribution < 1.29 is 0 Å². The highest BCUT2D eigenvalue weighted by molar-refractivity contribution is 14.0. The summed E-state index contributed by atoms with van der Waals surface area (Å²) in [5, 5.41) is 7.50. The van der Waals surface area contributed by atoms with Crippen molar-refractivity contribution in [1.29, 1.82) is 0 Å². The van der Waals surface area contributed by atoms with E-state index in [0.29, 0.717) is 12.5 Å². The van der Waals surface area contributed by atoms with Gasteiger partial charge in [0.05, 0.1) is 12.7 Å². The molecule has 1 aromatic carbocycles. The van der Waals surface area contributed by atoms with Crippen molar-refractivity contribution in [2.45, 2.75) is 45.7 Å². The van der Waals surface area contributed by atoms with Gasteiger partial charge in [-0.1, -0.05) is 12.1 Å². The first-order valence-corrected chi connectivity index (χ1v) is 7.95. The van der Waals surface area contributed by atoms with Crippen molar-refractivity contribution in [2.75, 3.05) is 5.32 Å². The minimum atomic E-state index is 0. The van der Waals surface area contributed by atoms with Crippen LogP contribution in [-0.2, 0) is 25.9 Å². The molecule has 23 heavy (non-hydrogen) atoms. The Hall–Kier alpha value is -1.57. The van der Waals surface area contributed by atoms with Crippen LogP contribution in [-0.4, -0.2) is 15.7 Å². The van der Waals surface area contributed by atoms with E-state index in [4.69, 9.17) is 5.73 Å². The summed E-state index contributed by atoms with van der Waals surface area (Å²) in [6.45, 7) is 3.48. The second kappa shape index (κ2) is 8.33. The zero-order chi connectivity index (χ0) is 15.4. The maximum atomic E-state index is 6.04. The lowest BCUT2D eigenvalue weighted by Crippen LogP contribution is -2.24. The lowest BCUT2D eigenvalue weighted by atomic mass is 9.90. The fourth-order valence-corrected chi connectivity index (χ4v) is 2.91. The van der Waals surface area contributed by atoms with Crippen LogP contribution in [0, 0.1) is 0 Å². The maximum Gasteiger partial charge on any atom is 0.193 e. The van der Waals surface area contributed by atoms with E-state index in [-0.39, 0.29) is 24.0 Å². The van der Waals surface area contributed by atoms with Crippen molar-refractivity contribution in [1.82, 2.24) is 9.78 Å². The van der Waals surface area contributed by atoms with Crippen LogP contribution in [0.4, 0.5) is 5.69 Å². The molecule has 0 unspecified atom stereocenters. The van der Waals surface area contributed by atoms with Crippen LogP contribution in [0.15, 0.2) is 35.6 Å². The number of halogens is 1. The molecule has 0 bridgehead atoms. The van der Waals surface area contributed by atoms with E-state index in [2.05, 4.69) is 40.5 Å². The highest BCUT2D eigenvalue weighted by atomic mass is 127. The van der Waals surface area contributed by atoms with Gasteiger partial charge in [-0.2, -0.15) is 5.10 Å². The van der Waals surface area contributed by atoms with Gasteiger partial charge >= 0.3 is 0 Å². The van der Waals surface area contributed by atoms with Gasteiger partial charge in [-0.25, -0.2) is 4.99 Å². The molecule has 0 saturated carbocycles. The molecule has 5 nitrogen and oxygen atoms in total. The first-order chi connectivity index (χ1) is 10.8. The average Bonchev–Trinajstić information content (AvgIpc) is 3.01. The van der Waals surface area contributed by atoms with Gasteiger partial charge in [-0.15, -0.1) is 24.0 Å². The van der Waals surface area contributed by atoms with E-state index in [1.807, 2.05) is 17.1 Å². The number of hydrogen-bond acceptors (Lipinski definition) is 2. The number of rotatable bonds is 4. The number of nitrogens with two attached hydrogens (primary N) is 1. The zero-order valence-corrected chi connectivity index (χ0v) is 15.8. The number of aryl methyl sites for hydroxylation is 2. The minimum absolute atomic E-state index is 0. The monoisotopic (exact) mass is 425 g/mol. The van der Waals surface area contributed by atoms with Gasteiger partial charge < -0.3 is 11.1 Å². The Bertz CT molecular complexity index is 677. The fourth-order valence-electron chi connectivity index (χ4n) is 2.91. The summed E-state index contributed by atoms with van der Waals surface area (Å²) in [6, 6.07) is 6.39. The van der Waals surface area contributed by atoms with E-state index in [0.717, 1.165) is 30.6 Å². The molecule has 1 heterocycles. The molecule has 1 aliphatic carbocycles. The molecule has 0 amide bonds. The second-order valence-electron chi connectivity index (χ2n) is 5.68. The molecule has 3 rings (SSSR count). The number of anilines is 1. The number of hydrogen-bond donors (Lipinski definition) is 2. The quantitative estimate of drug-likeness (QED) is 0.449. The summed E-state index contributed by atoms with van der Waals surface area (Å²) in [5.74, 6) is 0.461. The smallest absolute Gasteiger partial charge is 0.193 e. The van der Waals surface area contributed by atoms with Gasteiger partial charge in [0.25, 0.3) is 0 Å². The average molecular weight is 425 g/mol. The van der Waals surface area contributed by atoms with Gasteiger partial charge in [0.1, 0.15) is 0 Å². The number of aromatic nitrogens is 2. The number of guanidine groups is 1. The van der Waals surface area contributed by atoms with Crippen LogP contribution < -0.4 is 11.1 Å². The normalized spacial score (nSPS) is 14.0. The van der Waals surface area contributed by atoms with E-state index in [9.17, 15) is 0 Å². The van der Waals surface area contributed by atoms with E-state index >= 15 is 0 Å². The fraction of sp³-hybridized carbons (Fsp3) is 0.412. The molecule has 0 atom stereocenters. The van der Waals surface area contributed by atoms with Gasteiger partial charge in [0.2, 0.25) is 0 Å². The first-order valence-electron chi connectivity index (χ1n) is 7.95. The van der Waals surface area contributed by atoms with E-state index < -0.39 is 0 Å². The van der Waals surface area contributed by atoms with Crippen LogP contribution in [0.25, 0.3) is 0 Å². The molecule has 0 aliphatic heterocycles.